The van der Waals surface area contributed by atoms with Gasteiger partial charge in [0, 0.05) is 12.5 Å². The van der Waals surface area contributed by atoms with Gasteiger partial charge in [0.1, 0.15) is 11.3 Å². The van der Waals surface area contributed by atoms with Crippen molar-refractivity contribution in [2.45, 2.75) is 32.2 Å². The summed E-state index contributed by atoms with van der Waals surface area (Å²) in [5, 5.41) is 22.5. The van der Waals surface area contributed by atoms with Crippen LogP contribution in [0.4, 0.5) is 0 Å². The number of fused-ring (bicyclic) bond motifs is 1. The maximum atomic E-state index is 12.0. The van der Waals surface area contributed by atoms with Crippen LogP contribution in [0.2, 0.25) is 0 Å². The van der Waals surface area contributed by atoms with E-state index in [9.17, 15) is 14.7 Å². The Labute approximate surface area is 127 Å². The van der Waals surface area contributed by atoms with Crippen LogP contribution in [-0.2, 0) is 4.79 Å². The van der Waals surface area contributed by atoms with Gasteiger partial charge in [-0.05, 0) is 38.4 Å². The first kappa shape index (κ1) is 16.0. The smallest absolute Gasteiger partial charge is 0.344 e. The molecule has 0 aliphatic carbocycles. The number of aliphatic carboxylic acids is 1. The molecule has 2 rings (SSSR count). The summed E-state index contributed by atoms with van der Waals surface area (Å²) in [6.07, 6.45) is 1.36. The van der Waals surface area contributed by atoms with Crippen molar-refractivity contribution in [1.82, 2.24) is 5.32 Å². The molecular weight excluding hydrogens is 286 g/mol. The van der Waals surface area contributed by atoms with E-state index in [1.54, 1.807) is 31.2 Å². The predicted molar refractivity (Wildman–Crippen MR) is 82.1 cm³/mol. The van der Waals surface area contributed by atoms with Crippen molar-refractivity contribution >= 4 is 16.9 Å². The highest BCUT2D eigenvalue weighted by Gasteiger charge is 2.19. The number of carbonyl (C=O) groups is 1. The van der Waals surface area contributed by atoms with E-state index in [4.69, 9.17) is 9.52 Å². The summed E-state index contributed by atoms with van der Waals surface area (Å²) in [4.78, 5) is 22.5. The summed E-state index contributed by atoms with van der Waals surface area (Å²) < 4.78 is 5.22. The fourth-order valence-corrected chi connectivity index (χ4v) is 2.35. The predicted octanol–water partition coefficient (Wildman–Crippen LogP) is 2.40. The first-order valence-electron chi connectivity index (χ1n) is 7.20. The van der Waals surface area contributed by atoms with E-state index in [2.05, 4.69) is 5.32 Å². The zero-order valence-corrected chi connectivity index (χ0v) is 12.3. The molecule has 1 aromatic heterocycles. The van der Waals surface area contributed by atoms with Crippen molar-refractivity contribution in [3.05, 3.63) is 40.2 Å². The molecule has 0 fully saturated rings. The third kappa shape index (κ3) is 3.65. The molecule has 0 aliphatic rings. The molecule has 0 bridgehead atoms. The SMILES string of the molecule is CC(NCCCCC(=O)O)c1c(O)c2ccccc2oc1=O. The quantitative estimate of drug-likeness (QED) is 0.536. The van der Waals surface area contributed by atoms with Gasteiger partial charge in [-0.1, -0.05) is 12.1 Å². The minimum absolute atomic E-state index is 0.0719. The standard InChI is InChI=1S/C16H19NO5/c1-10(17-9-5-4-8-13(18)19)14-15(20)11-6-2-3-7-12(11)22-16(14)21/h2-3,6-7,10,17,20H,4-5,8-9H2,1H3,(H,18,19). The summed E-state index contributed by atoms with van der Waals surface area (Å²) >= 11 is 0. The molecule has 0 spiro atoms. The lowest BCUT2D eigenvalue weighted by molar-refractivity contribution is -0.137. The maximum absolute atomic E-state index is 12.0. The Morgan fingerprint density at radius 2 is 2.05 bits per heavy atom. The molecule has 0 saturated carbocycles. The number of hydrogen-bond donors (Lipinski definition) is 3. The van der Waals surface area contributed by atoms with E-state index < -0.39 is 11.6 Å². The molecule has 118 valence electrons. The Balaban J connectivity index is 2.09. The van der Waals surface area contributed by atoms with Crippen LogP contribution in [-0.4, -0.2) is 22.7 Å². The van der Waals surface area contributed by atoms with Gasteiger partial charge in [-0.3, -0.25) is 4.79 Å². The lowest BCUT2D eigenvalue weighted by atomic mass is 10.1. The molecule has 1 aromatic carbocycles. The number of benzene rings is 1. The van der Waals surface area contributed by atoms with Crippen LogP contribution in [0.3, 0.4) is 0 Å². The maximum Gasteiger partial charge on any atom is 0.344 e. The number of carboxylic acids is 1. The topological polar surface area (TPSA) is 99.8 Å². The van der Waals surface area contributed by atoms with Gasteiger partial charge in [0.25, 0.3) is 0 Å². The van der Waals surface area contributed by atoms with Crippen LogP contribution in [0.15, 0.2) is 33.5 Å². The van der Waals surface area contributed by atoms with E-state index >= 15 is 0 Å². The summed E-state index contributed by atoms with van der Waals surface area (Å²) in [5.74, 6) is -0.891. The molecule has 6 heteroatoms. The first-order chi connectivity index (χ1) is 10.5. The van der Waals surface area contributed by atoms with Crippen molar-refractivity contribution in [1.29, 1.82) is 0 Å². The summed E-state index contributed by atoms with van der Waals surface area (Å²) in [6, 6.07) is 6.43. The Bertz CT molecular complexity index is 722. The number of unbranched alkanes of at least 4 members (excludes halogenated alkanes) is 1. The van der Waals surface area contributed by atoms with Crippen LogP contribution in [0, 0.1) is 0 Å². The fourth-order valence-electron chi connectivity index (χ4n) is 2.35. The summed E-state index contributed by atoms with van der Waals surface area (Å²) in [6.45, 7) is 2.32. The zero-order valence-electron chi connectivity index (χ0n) is 12.3. The van der Waals surface area contributed by atoms with Gasteiger partial charge < -0.3 is 19.9 Å². The third-order valence-corrected chi connectivity index (χ3v) is 3.52. The molecule has 1 unspecified atom stereocenters. The molecule has 1 atom stereocenters. The number of carboxylic acid groups (broad SMARTS) is 1. The second kappa shape index (κ2) is 7.09. The fraction of sp³-hybridized carbons (Fsp3) is 0.375. The van der Waals surface area contributed by atoms with Gasteiger partial charge >= 0.3 is 11.6 Å². The van der Waals surface area contributed by atoms with Gasteiger partial charge in [0.05, 0.1) is 10.9 Å². The van der Waals surface area contributed by atoms with Crippen LogP contribution in [0.25, 0.3) is 11.0 Å². The number of para-hydroxylation sites is 1. The molecule has 0 saturated heterocycles. The van der Waals surface area contributed by atoms with E-state index in [1.165, 1.54) is 0 Å². The van der Waals surface area contributed by atoms with Crippen LogP contribution in [0.5, 0.6) is 5.75 Å². The molecule has 1 heterocycles. The Morgan fingerprint density at radius 3 is 2.77 bits per heavy atom. The average molecular weight is 305 g/mol. The van der Waals surface area contributed by atoms with Gasteiger partial charge in [-0.25, -0.2) is 4.79 Å². The zero-order chi connectivity index (χ0) is 16.1. The first-order valence-corrected chi connectivity index (χ1v) is 7.20. The van der Waals surface area contributed by atoms with Gasteiger partial charge in [-0.2, -0.15) is 0 Å². The highest BCUT2D eigenvalue weighted by molar-refractivity contribution is 5.84. The van der Waals surface area contributed by atoms with E-state index in [0.29, 0.717) is 30.4 Å². The van der Waals surface area contributed by atoms with Crippen LogP contribution < -0.4 is 10.9 Å². The molecule has 6 nitrogen and oxygen atoms in total. The lowest BCUT2D eigenvalue weighted by Gasteiger charge is -2.15. The van der Waals surface area contributed by atoms with Crippen molar-refractivity contribution in [3.8, 4) is 5.75 Å². The van der Waals surface area contributed by atoms with Gasteiger partial charge in [-0.15, -0.1) is 0 Å². The highest BCUT2D eigenvalue weighted by atomic mass is 16.4. The number of hydrogen-bond acceptors (Lipinski definition) is 5. The van der Waals surface area contributed by atoms with E-state index in [1.807, 2.05) is 0 Å². The molecule has 22 heavy (non-hydrogen) atoms. The number of rotatable bonds is 7. The van der Waals surface area contributed by atoms with Gasteiger partial charge in [0.2, 0.25) is 0 Å². The molecular formula is C16H19NO5. The van der Waals surface area contributed by atoms with E-state index in [0.717, 1.165) is 0 Å². The number of aromatic hydroxyl groups is 1. The summed E-state index contributed by atoms with van der Waals surface area (Å²) in [7, 11) is 0. The molecule has 0 amide bonds. The monoisotopic (exact) mass is 305 g/mol. The lowest BCUT2D eigenvalue weighted by Crippen LogP contribution is -2.25. The van der Waals surface area contributed by atoms with Gasteiger partial charge in [0.15, 0.2) is 0 Å². The van der Waals surface area contributed by atoms with Crippen molar-refractivity contribution < 1.29 is 19.4 Å². The normalized spacial score (nSPS) is 12.4. The Hall–Kier alpha value is -2.34. The third-order valence-electron chi connectivity index (χ3n) is 3.52. The molecule has 0 aliphatic heterocycles. The van der Waals surface area contributed by atoms with E-state index in [-0.39, 0.29) is 23.8 Å². The van der Waals surface area contributed by atoms with Crippen LogP contribution >= 0.6 is 0 Å². The van der Waals surface area contributed by atoms with Crippen LogP contribution in [0.1, 0.15) is 37.8 Å². The largest absolute Gasteiger partial charge is 0.507 e. The molecule has 3 N–H and O–H groups in total. The minimum Gasteiger partial charge on any atom is -0.507 e. The Morgan fingerprint density at radius 1 is 1.32 bits per heavy atom. The van der Waals surface area contributed by atoms with Crippen molar-refractivity contribution in [3.63, 3.8) is 0 Å². The second-order valence-corrected chi connectivity index (χ2v) is 5.17. The Kier molecular flexibility index (Phi) is 5.16. The minimum atomic E-state index is -0.819. The average Bonchev–Trinajstić information content (AvgIpc) is 2.46. The second-order valence-electron chi connectivity index (χ2n) is 5.17. The molecule has 0 radical (unpaired) electrons. The van der Waals surface area contributed by atoms with Crippen molar-refractivity contribution in [2.75, 3.05) is 6.54 Å². The number of nitrogens with one attached hydrogen (secondary N) is 1. The highest BCUT2D eigenvalue weighted by Crippen LogP contribution is 2.29. The molecule has 2 aromatic rings. The summed E-state index contributed by atoms with van der Waals surface area (Å²) in [5.41, 5.74) is -0.0268. The van der Waals surface area contributed by atoms with Crippen molar-refractivity contribution in [2.24, 2.45) is 0 Å².